The Hall–Kier alpha value is -16.8. The zero-order valence-corrected chi connectivity index (χ0v) is 67.8. The van der Waals surface area contributed by atoms with Crippen molar-refractivity contribution in [2.75, 3.05) is 0 Å². The van der Waals surface area contributed by atoms with Gasteiger partial charge in [0.1, 0.15) is 0 Å². The Balaban J connectivity index is 0.000000105. The zero-order valence-electron chi connectivity index (χ0n) is 67.8. The molecule has 0 atom stereocenters. The number of pyridine rings is 5. The van der Waals surface area contributed by atoms with Crippen LogP contribution >= 0.6 is 0 Å². The van der Waals surface area contributed by atoms with Crippen LogP contribution in [-0.4, -0.2) is 38.6 Å². The summed E-state index contributed by atoms with van der Waals surface area (Å²) in [4.78, 5) is 22.5. The van der Waals surface area contributed by atoms with Crippen LogP contribution in [0.1, 0.15) is 0 Å². The van der Waals surface area contributed by atoms with Crippen molar-refractivity contribution in [3.8, 4) is 83.8 Å². The van der Waals surface area contributed by atoms with Crippen LogP contribution in [0.5, 0.6) is 0 Å². The van der Waals surface area contributed by atoms with Crippen molar-refractivity contribution in [1.29, 1.82) is 0 Å². The van der Waals surface area contributed by atoms with Gasteiger partial charge >= 0.3 is 0 Å². The molecular weight excluding hydrogens is 1520 g/mol. The normalized spacial score (nSPS) is 11.7. The van der Waals surface area contributed by atoms with Crippen LogP contribution < -0.4 is 0 Å². The van der Waals surface area contributed by atoms with Gasteiger partial charge in [0.15, 0.2) is 0 Å². The molecule has 0 aliphatic heterocycles. The number of aromatic nitrogens is 8. The van der Waals surface area contributed by atoms with Gasteiger partial charge in [0, 0.05) is 103 Å². The van der Waals surface area contributed by atoms with Crippen molar-refractivity contribution >= 4 is 152 Å². The van der Waals surface area contributed by atoms with E-state index < -0.39 is 0 Å². The van der Waals surface area contributed by atoms with E-state index in [1.807, 2.05) is 86.1 Å². The van der Waals surface area contributed by atoms with E-state index in [9.17, 15) is 0 Å². The van der Waals surface area contributed by atoms with Gasteiger partial charge in [-0.15, -0.1) is 0 Å². The van der Waals surface area contributed by atoms with E-state index in [1.54, 1.807) is 0 Å². The third-order valence-corrected chi connectivity index (χ3v) is 25.3. The van der Waals surface area contributed by atoms with Crippen LogP contribution in [0, 0.1) is 0 Å². The summed E-state index contributed by atoms with van der Waals surface area (Å²) in [5, 5.41) is 25.9. The van der Waals surface area contributed by atoms with Gasteiger partial charge in [-0.25, -0.2) is 0 Å². The molecule has 582 valence electrons. The van der Waals surface area contributed by atoms with E-state index in [0.717, 1.165) is 39.0 Å². The lowest BCUT2D eigenvalue weighted by atomic mass is 9.86. The Morgan fingerprint density at radius 2 is 0.432 bits per heavy atom. The summed E-state index contributed by atoms with van der Waals surface area (Å²) < 4.78 is 7.06. The molecule has 0 radical (unpaired) electrons. The average Bonchev–Trinajstić information content (AvgIpc) is 1.74. The minimum atomic E-state index is 1.00. The lowest BCUT2D eigenvalue weighted by molar-refractivity contribution is 1.14. The highest BCUT2D eigenvalue weighted by atomic mass is 15.0. The third kappa shape index (κ3) is 12.1. The summed E-state index contributed by atoms with van der Waals surface area (Å²) in [5.41, 5.74) is 25.9. The molecule has 8 nitrogen and oxygen atoms in total. The van der Waals surface area contributed by atoms with Crippen LogP contribution in [0.25, 0.3) is 236 Å². The van der Waals surface area contributed by atoms with E-state index in [0.29, 0.717) is 0 Å². The number of nitrogens with zero attached hydrogens (tertiary/aromatic N) is 8. The number of para-hydroxylation sites is 4. The van der Waals surface area contributed by atoms with Gasteiger partial charge < -0.3 is 13.7 Å². The highest BCUT2D eigenvalue weighted by Crippen LogP contribution is 2.50. The largest absolute Gasteiger partial charge is 0.309 e. The smallest absolute Gasteiger partial charge is 0.0703 e. The molecule has 8 aromatic heterocycles. The molecule has 0 spiro atoms. The first-order valence-corrected chi connectivity index (χ1v) is 42.5. The zero-order chi connectivity index (χ0) is 82.4. The molecule has 0 fully saturated rings. The van der Waals surface area contributed by atoms with Crippen LogP contribution in [0.3, 0.4) is 0 Å². The molecule has 26 aromatic rings. The predicted molar refractivity (Wildman–Crippen MR) is 524 cm³/mol. The van der Waals surface area contributed by atoms with Crippen LogP contribution in [0.2, 0.25) is 0 Å². The number of fused-ring (bicyclic) bond motifs is 17. The number of rotatable bonds is 9. The Kier molecular flexibility index (Phi) is 17.4. The van der Waals surface area contributed by atoms with E-state index in [2.05, 4.69) is 398 Å². The van der Waals surface area contributed by atoms with Crippen molar-refractivity contribution in [3.05, 3.63) is 450 Å². The molecule has 0 saturated heterocycles. The summed E-state index contributed by atoms with van der Waals surface area (Å²) in [6, 6.07) is 142. The second kappa shape index (κ2) is 30.2. The van der Waals surface area contributed by atoms with Crippen LogP contribution in [0.15, 0.2) is 450 Å². The Labute approximate surface area is 719 Å². The maximum absolute atomic E-state index is 4.79. The molecule has 0 saturated carbocycles. The maximum atomic E-state index is 4.79. The molecule has 125 heavy (non-hydrogen) atoms. The molecule has 8 heterocycles. The minimum Gasteiger partial charge on any atom is -0.309 e. The first kappa shape index (κ1) is 72.2. The monoisotopic (exact) mass is 1590 g/mol. The summed E-state index contributed by atoms with van der Waals surface area (Å²) >= 11 is 0. The lowest BCUT2D eigenvalue weighted by Gasteiger charge is -2.17. The highest BCUT2D eigenvalue weighted by molar-refractivity contribution is 6.26. The van der Waals surface area contributed by atoms with Gasteiger partial charge in [0.25, 0.3) is 0 Å². The van der Waals surface area contributed by atoms with Crippen molar-refractivity contribution in [2.24, 2.45) is 0 Å². The molecule has 0 amide bonds. The fourth-order valence-corrected chi connectivity index (χ4v) is 20.0. The minimum absolute atomic E-state index is 1.00. The van der Waals surface area contributed by atoms with E-state index in [-0.39, 0.29) is 0 Å². The highest BCUT2D eigenvalue weighted by Gasteiger charge is 2.25. The fourth-order valence-electron chi connectivity index (χ4n) is 20.0. The molecule has 0 N–H and O–H groups in total. The summed E-state index contributed by atoms with van der Waals surface area (Å²) in [6.45, 7) is 0. The Bertz CT molecular complexity index is 8270. The molecule has 18 aromatic carbocycles. The van der Waals surface area contributed by atoms with Gasteiger partial charge in [-0.3, -0.25) is 24.9 Å². The molecule has 26 rings (SSSR count). The molecule has 0 aliphatic carbocycles. The van der Waals surface area contributed by atoms with E-state index in [4.69, 9.17) is 4.98 Å². The maximum Gasteiger partial charge on any atom is 0.0703 e. The summed E-state index contributed by atoms with van der Waals surface area (Å²) in [5.74, 6) is 0. The Morgan fingerprint density at radius 1 is 0.152 bits per heavy atom. The number of benzene rings is 18. The predicted octanol–water partition coefficient (Wildman–Crippen LogP) is 30.6. The van der Waals surface area contributed by atoms with Crippen molar-refractivity contribution in [3.63, 3.8) is 0 Å². The van der Waals surface area contributed by atoms with Crippen LogP contribution in [0.4, 0.5) is 0 Å². The molecule has 0 aliphatic rings. The Morgan fingerprint density at radius 3 is 0.784 bits per heavy atom. The van der Waals surface area contributed by atoms with Crippen molar-refractivity contribution < 1.29 is 0 Å². The van der Waals surface area contributed by atoms with E-state index >= 15 is 0 Å². The van der Waals surface area contributed by atoms with Gasteiger partial charge in [0.2, 0.25) is 0 Å². The summed E-state index contributed by atoms with van der Waals surface area (Å²) in [7, 11) is 0. The molecule has 0 unspecified atom stereocenters. The molecule has 0 bridgehead atoms. The second-order valence-electron chi connectivity index (χ2n) is 32.1. The molecule has 8 heteroatoms. The van der Waals surface area contributed by atoms with Gasteiger partial charge in [-0.1, -0.05) is 285 Å². The van der Waals surface area contributed by atoms with Crippen LogP contribution in [-0.2, 0) is 0 Å². The van der Waals surface area contributed by atoms with Gasteiger partial charge in [-0.2, -0.15) is 0 Å². The van der Waals surface area contributed by atoms with Gasteiger partial charge in [-0.05, 0) is 235 Å². The van der Waals surface area contributed by atoms with E-state index in [1.165, 1.54) is 197 Å². The van der Waals surface area contributed by atoms with Gasteiger partial charge in [0.05, 0.1) is 62.4 Å². The quantitative estimate of drug-likeness (QED) is 0.135. The van der Waals surface area contributed by atoms with Crippen molar-refractivity contribution in [1.82, 2.24) is 38.6 Å². The first-order valence-electron chi connectivity index (χ1n) is 42.5. The SMILES string of the molecule is c1cncc(-c2c3ccccc3c(-c3ccc4c(c3)c3ccccc3n4-c3ccc4ccccc4c3)c3ccccc23)c1.c1cncc(-c2c3ccccc3c(-c3ccc4c(c3)c3ccccc3n4-c3cccnc3)c3ccccc23)c1.c1cncc(-c2c3ccccc3c(-c3ccc4c(c3)c3ccccc3n4-c3cnc4ccccc4c3)c3ccccc23)c1. The molecular formula is C117H74N8. The topological polar surface area (TPSA) is 79.2 Å². The summed E-state index contributed by atoms with van der Waals surface area (Å²) in [6.07, 6.45) is 17.2. The number of hydrogen-bond acceptors (Lipinski definition) is 5. The first-order chi connectivity index (χ1) is 62.1. The lowest BCUT2D eigenvalue weighted by Crippen LogP contribution is -1.95. The third-order valence-electron chi connectivity index (χ3n) is 25.3. The average molecular weight is 1590 g/mol. The second-order valence-corrected chi connectivity index (χ2v) is 32.1. The number of hydrogen-bond donors (Lipinski definition) is 0. The fraction of sp³-hybridized carbons (Fsp3) is 0. The van der Waals surface area contributed by atoms with Crippen molar-refractivity contribution in [2.45, 2.75) is 0 Å². The standard InChI is InChI=1S/C41H26N2.C40H25N3.C36H23N3/c1-2-11-28-24-31(21-19-27(28)10-1)43-38-18-8-7-13-32(38)37-25-29(20-22-39(37)43)40-33-14-3-5-16-35(33)41(30-12-9-23-42-26-30)36-17-6-4-15-34(36)40;1-7-17-36-26(10-1)22-29(25-42-36)43-37-18-8-6-12-30(37)35-23-27(19-20-38(35)43)39-31-13-2-4-15-33(31)40(28-11-9-21-41-24-28)34-16-5-3-14-32(34)39;1-3-14-30-28(12-1)35(29-13-2-4-15-31(29)36(30)25-9-7-19-37-22-25)24-17-18-34-32(21-24)27-11-5-6-16-33(27)39(34)26-10-8-20-38-23-26/h1-26H;1-25H;1-23H.